The van der Waals surface area contributed by atoms with E-state index in [1.807, 2.05) is 0 Å². The second kappa shape index (κ2) is 7.21. The third-order valence-electron chi connectivity index (χ3n) is 4.48. The summed E-state index contributed by atoms with van der Waals surface area (Å²) < 4.78 is 32.4. The SMILES string of the molecule is CN1C(=O)CC(Nc2ccc([N+](=O)[O-])cc2S(=O)(=O)N2CCOCC2)C1=O. The van der Waals surface area contributed by atoms with Gasteiger partial charge >= 0.3 is 0 Å². The van der Waals surface area contributed by atoms with E-state index in [9.17, 15) is 28.1 Å². The zero-order chi connectivity index (χ0) is 19.8. The van der Waals surface area contributed by atoms with Gasteiger partial charge in [0.15, 0.2) is 0 Å². The molecule has 146 valence electrons. The number of morpholine rings is 1. The number of likely N-dealkylation sites (tertiary alicyclic amines) is 1. The van der Waals surface area contributed by atoms with Gasteiger partial charge in [0.2, 0.25) is 15.9 Å². The number of hydrogen-bond donors (Lipinski definition) is 1. The van der Waals surface area contributed by atoms with E-state index >= 15 is 0 Å². The number of nitro groups is 1. The fraction of sp³-hybridized carbons (Fsp3) is 0.467. The van der Waals surface area contributed by atoms with Gasteiger partial charge in [-0.15, -0.1) is 0 Å². The first kappa shape index (κ1) is 19.2. The molecule has 0 aromatic heterocycles. The number of anilines is 1. The standard InChI is InChI=1S/C15H18N4O7S/c1-17-14(20)9-12(15(17)21)16-11-3-2-10(19(22)23)8-13(11)27(24,25)18-4-6-26-7-5-18/h2-3,8,12,16H,4-7,9H2,1H3. The smallest absolute Gasteiger partial charge is 0.270 e. The molecular formula is C15H18N4O7S. The molecule has 2 heterocycles. The molecule has 3 rings (SSSR count). The molecule has 11 nitrogen and oxygen atoms in total. The summed E-state index contributed by atoms with van der Waals surface area (Å²) in [4.78, 5) is 34.9. The zero-order valence-corrected chi connectivity index (χ0v) is 15.3. The summed E-state index contributed by atoms with van der Waals surface area (Å²) in [5.74, 6) is -0.884. The summed E-state index contributed by atoms with van der Waals surface area (Å²) in [5.41, 5.74) is -0.355. The van der Waals surface area contributed by atoms with Gasteiger partial charge in [0, 0.05) is 32.3 Å². The van der Waals surface area contributed by atoms with Crippen LogP contribution < -0.4 is 5.32 Å². The quantitative estimate of drug-likeness (QED) is 0.408. The molecule has 0 aliphatic carbocycles. The Bertz CT molecular complexity index is 895. The second-order valence-electron chi connectivity index (χ2n) is 6.15. The van der Waals surface area contributed by atoms with Gasteiger partial charge in [-0.3, -0.25) is 24.6 Å². The van der Waals surface area contributed by atoms with Crippen LogP contribution in [0.25, 0.3) is 0 Å². The Morgan fingerprint density at radius 2 is 1.93 bits per heavy atom. The Morgan fingerprint density at radius 3 is 2.48 bits per heavy atom. The maximum Gasteiger partial charge on any atom is 0.270 e. The van der Waals surface area contributed by atoms with Crippen molar-refractivity contribution in [1.82, 2.24) is 9.21 Å². The lowest BCUT2D eigenvalue weighted by Gasteiger charge is -2.27. The van der Waals surface area contributed by atoms with E-state index in [1.54, 1.807) is 0 Å². The molecule has 1 aromatic rings. The maximum atomic E-state index is 13.0. The molecule has 0 saturated carbocycles. The number of imide groups is 1. The van der Waals surface area contributed by atoms with Gasteiger partial charge in [-0.2, -0.15) is 4.31 Å². The fourth-order valence-corrected chi connectivity index (χ4v) is 4.52. The number of likely N-dealkylation sites (N-methyl/N-ethyl adjacent to an activating group) is 1. The van der Waals surface area contributed by atoms with Crippen LogP contribution in [0.3, 0.4) is 0 Å². The van der Waals surface area contributed by atoms with Gasteiger partial charge in [-0.1, -0.05) is 0 Å². The molecule has 2 saturated heterocycles. The number of nitro benzene ring substituents is 1. The average Bonchev–Trinajstić information content (AvgIpc) is 2.89. The minimum Gasteiger partial charge on any atom is -0.379 e. The summed E-state index contributed by atoms with van der Waals surface area (Å²) >= 11 is 0. The van der Waals surface area contributed by atoms with Gasteiger partial charge < -0.3 is 10.1 Å². The van der Waals surface area contributed by atoms with Crippen LogP contribution in [0.15, 0.2) is 23.1 Å². The molecule has 1 atom stereocenters. The molecule has 1 N–H and O–H groups in total. The van der Waals surface area contributed by atoms with Crippen molar-refractivity contribution in [3.8, 4) is 0 Å². The Morgan fingerprint density at radius 1 is 1.26 bits per heavy atom. The van der Waals surface area contributed by atoms with Crippen molar-refractivity contribution >= 4 is 33.2 Å². The van der Waals surface area contributed by atoms with Crippen molar-refractivity contribution in [3.05, 3.63) is 28.3 Å². The van der Waals surface area contributed by atoms with Crippen LogP contribution in [-0.4, -0.2) is 73.8 Å². The number of nitrogens with one attached hydrogen (secondary N) is 1. The van der Waals surface area contributed by atoms with Crippen LogP contribution in [0.4, 0.5) is 11.4 Å². The van der Waals surface area contributed by atoms with Crippen LogP contribution in [0, 0.1) is 10.1 Å². The third-order valence-corrected chi connectivity index (χ3v) is 6.41. The largest absolute Gasteiger partial charge is 0.379 e. The average molecular weight is 398 g/mol. The van der Waals surface area contributed by atoms with Gasteiger partial charge in [0.1, 0.15) is 10.9 Å². The molecule has 12 heteroatoms. The van der Waals surface area contributed by atoms with Crippen molar-refractivity contribution < 1.29 is 27.7 Å². The highest BCUT2D eigenvalue weighted by atomic mass is 32.2. The fourth-order valence-electron chi connectivity index (χ4n) is 2.94. The summed E-state index contributed by atoms with van der Waals surface area (Å²) in [6.45, 7) is 0.677. The molecular weight excluding hydrogens is 380 g/mol. The van der Waals surface area contributed by atoms with E-state index in [0.29, 0.717) is 0 Å². The molecule has 0 spiro atoms. The van der Waals surface area contributed by atoms with E-state index < -0.39 is 38.5 Å². The van der Waals surface area contributed by atoms with E-state index in [4.69, 9.17) is 4.74 Å². The number of amides is 2. The molecule has 2 amide bonds. The lowest BCUT2D eigenvalue weighted by atomic mass is 10.2. The highest BCUT2D eigenvalue weighted by molar-refractivity contribution is 7.89. The predicted molar refractivity (Wildman–Crippen MR) is 92.5 cm³/mol. The first-order valence-electron chi connectivity index (χ1n) is 8.15. The number of hydrogen-bond acceptors (Lipinski definition) is 8. The lowest BCUT2D eigenvalue weighted by molar-refractivity contribution is -0.385. The van der Waals surface area contributed by atoms with Crippen molar-refractivity contribution in [1.29, 1.82) is 0 Å². The van der Waals surface area contributed by atoms with Gasteiger partial charge in [-0.25, -0.2) is 8.42 Å². The summed E-state index contributed by atoms with van der Waals surface area (Å²) in [6.07, 6.45) is -0.122. The Hall–Kier alpha value is -2.57. The first-order valence-corrected chi connectivity index (χ1v) is 9.59. The number of ether oxygens (including phenoxy) is 1. The van der Waals surface area contributed by atoms with Crippen molar-refractivity contribution in [2.24, 2.45) is 0 Å². The molecule has 0 radical (unpaired) electrons. The Balaban J connectivity index is 2.00. The summed E-state index contributed by atoms with van der Waals surface area (Å²) in [5, 5.41) is 13.9. The van der Waals surface area contributed by atoms with Crippen LogP contribution in [0.2, 0.25) is 0 Å². The monoisotopic (exact) mass is 398 g/mol. The summed E-state index contributed by atoms with van der Waals surface area (Å²) in [7, 11) is -2.72. The minimum absolute atomic E-state index is 0.0357. The van der Waals surface area contributed by atoms with E-state index in [1.165, 1.54) is 17.4 Å². The topological polar surface area (TPSA) is 139 Å². The maximum absolute atomic E-state index is 13.0. The second-order valence-corrected chi connectivity index (χ2v) is 8.05. The highest BCUT2D eigenvalue weighted by Gasteiger charge is 2.38. The number of nitrogens with zero attached hydrogens (tertiary/aromatic N) is 3. The lowest BCUT2D eigenvalue weighted by Crippen LogP contribution is -2.41. The normalized spacial score (nSPS) is 21.5. The zero-order valence-electron chi connectivity index (χ0n) is 14.5. The Labute approximate surface area is 155 Å². The van der Waals surface area contributed by atoms with Crippen LogP contribution in [-0.2, 0) is 24.3 Å². The van der Waals surface area contributed by atoms with Crippen LogP contribution in [0.5, 0.6) is 0 Å². The van der Waals surface area contributed by atoms with Crippen LogP contribution >= 0.6 is 0 Å². The van der Waals surface area contributed by atoms with Crippen LogP contribution in [0.1, 0.15) is 6.42 Å². The molecule has 1 unspecified atom stereocenters. The number of sulfonamides is 1. The summed E-state index contributed by atoms with van der Waals surface area (Å²) in [6, 6.07) is 2.41. The molecule has 2 aliphatic rings. The van der Waals surface area contributed by atoms with Crippen molar-refractivity contribution in [2.75, 3.05) is 38.7 Å². The van der Waals surface area contributed by atoms with Gasteiger partial charge in [-0.05, 0) is 6.07 Å². The van der Waals surface area contributed by atoms with E-state index in [2.05, 4.69) is 5.32 Å². The van der Waals surface area contributed by atoms with Crippen molar-refractivity contribution in [2.45, 2.75) is 17.4 Å². The number of non-ortho nitro benzene ring substituents is 1. The number of carbonyl (C=O) groups excluding carboxylic acids is 2. The van der Waals surface area contributed by atoms with E-state index in [0.717, 1.165) is 17.0 Å². The van der Waals surface area contributed by atoms with Gasteiger partial charge in [0.05, 0.1) is 30.2 Å². The predicted octanol–water partition coefficient (Wildman–Crippen LogP) is -0.215. The minimum atomic E-state index is -4.06. The van der Waals surface area contributed by atoms with E-state index in [-0.39, 0.29) is 43.3 Å². The number of rotatable bonds is 5. The number of carbonyl (C=O) groups is 2. The molecule has 27 heavy (non-hydrogen) atoms. The number of benzene rings is 1. The molecule has 2 aliphatic heterocycles. The highest BCUT2D eigenvalue weighted by Crippen LogP contribution is 2.31. The third kappa shape index (κ3) is 3.63. The van der Waals surface area contributed by atoms with Gasteiger partial charge in [0.25, 0.3) is 11.6 Å². The molecule has 0 bridgehead atoms. The molecule has 1 aromatic carbocycles. The Kier molecular flexibility index (Phi) is 5.13. The molecule has 2 fully saturated rings. The first-order chi connectivity index (χ1) is 12.7. The van der Waals surface area contributed by atoms with Crippen molar-refractivity contribution in [3.63, 3.8) is 0 Å².